The van der Waals surface area contributed by atoms with Crippen LogP contribution in [-0.2, 0) is 0 Å². The molecule has 0 spiro atoms. The molecule has 0 bridgehead atoms. The molecule has 1 rings (SSSR count). The molecular weight excluding hydrogens is 273 g/mol. The van der Waals surface area contributed by atoms with Crippen molar-refractivity contribution in [3.63, 3.8) is 0 Å². The molecule has 1 aromatic rings. The van der Waals surface area contributed by atoms with Gasteiger partial charge in [-0.25, -0.2) is 0 Å². The summed E-state index contributed by atoms with van der Waals surface area (Å²) >= 11 is 3.63. The van der Waals surface area contributed by atoms with Crippen LogP contribution in [0.5, 0.6) is 0 Å². The minimum absolute atomic E-state index is 0.0255. The topological polar surface area (TPSA) is 29.1 Å². The van der Waals surface area contributed by atoms with Gasteiger partial charge in [0.2, 0.25) is 0 Å². The second-order valence-electron chi connectivity index (χ2n) is 2.05. The van der Waals surface area contributed by atoms with Crippen molar-refractivity contribution in [1.82, 2.24) is 5.32 Å². The third-order valence-electron chi connectivity index (χ3n) is 1.19. The Morgan fingerprint density at radius 2 is 2.45 bits per heavy atom. The molecule has 1 heterocycles. The van der Waals surface area contributed by atoms with Gasteiger partial charge >= 0.3 is 0 Å². The van der Waals surface area contributed by atoms with Gasteiger partial charge in [0.1, 0.15) is 0 Å². The lowest BCUT2D eigenvalue weighted by Crippen LogP contribution is -2.19. The molecule has 1 N–H and O–H groups in total. The van der Waals surface area contributed by atoms with Gasteiger partial charge in [0.15, 0.2) is 0 Å². The smallest absolute Gasteiger partial charge is 0.261 e. The summed E-state index contributed by atoms with van der Waals surface area (Å²) in [5, 5.41) is 2.73. The summed E-state index contributed by atoms with van der Waals surface area (Å²) < 4.78 is 0.660. The molecule has 0 aliphatic rings. The first-order valence-electron chi connectivity index (χ1n) is 3.14. The van der Waals surface area contributed by atoms with Crippen LogP contribution in [0.15, 0.2) is 12.1 Å². The molecule has 4 heteroatoms. The van der Waals surface area contributed by atoms with Crippen molar-refractivity contribution < 1.29 is 4.79 Å². The van der Waals surface area contributed by atoms with E-state index in [1.807, 2.05) is 19.1 Å². The zero-order valence-corrected chi connectivity index (χ0v) is 9.03. The molecule has 0 saturated carbocycles. The number of rotatable bonds is 2. The summed E-state index contributed by atoms with van der Waals surface area (Å²) in [7, 11) is 0. The number of amides is 1. The number of halogens is 1. The lowest BCUT2D eigenvalue weighted by Gasteiger charge is -1.95. The van der Waals surface area contributed by atoms with Crippen LogP contribution in [0.25, 0.3) is 0 Å². The molecule has 1 amide bonds. The average Bonchev–Trinajstić information content (AvgIpc) is 2.36. The molecule has 60 valence electrons. The van der Waals surface area contributed by atoms with Crippen molar-refractivity contribution in [2.45, 2.75) is 6.92 Å². The Bertz CT molecular complexity index is 259. The second-order valence-corrected chi connectivity index (χ2v) is 4.10. The number of hydrogen-bond acceptors (Lipinski definition) is 2. The van der Waals surface area contributed by atoms with Gasteiger partial charge in [-0.1, -0.05) is 22.6 Å². The Morgan fingerprint density at radius 3 is 2.91 bits per heavy atom. The Balaban J connectivity index is 2.69. The number of alkyl halides is 1. The summed E-state index contributed by atoms with van der Waals surface area (Å²) in [6.07, 6.45) is 0. The summed E-state index contributed by atoms with van der Waals surface area (Å²) in [4.78, 5) is 13.1. The first-order chi connectivity index (χ1) is 5.24. The van der Waals surface area contributed by atoms with E-state index in [1.165, 1.54) is 16.2 Å². The minimum Gasteiger partial charge on any atom is -0.342 e. The molecule has 0 saturated heterocycles. The number of carbonyl (C=O) groups excluding carboxylic acids is 1. The molecule has 2 nitrogen and oxygen atoms in total. The highest BCUT2D eigenvalue weighted by atomic mass is 127. The normalized spacial score (nSPS) is 9.64. The van der Waals surface area contributed by atoms with Gasteiger partial charge in [-0.3, -0.25) is 4.79 Å². The Labute approximate surface area is 83.1 Å². The van der Waals surface area contributed by atoms with Gasteiger partial charge in [0, 0.05) is 4.88 Å². The van der Waals surface area contributed by atoms with E-state index < -0.39 is 0 Å². The lowest BCUT2D eigenvalue weighted by atomic mass is 10.4. The zero-order chi connectivity index (χ0) is 8.27. The standard InChI is InChI=1S/C7H8INOS/c1-5-2-3-6(11-5)7(10)9-4-8/h2-3H,4H2,1H3,(H,9,10). The summed E-state index contributed by atoms with van der Waals surface area (Å²) in [5.74, 6) is 0.0255. The number of nitrogens with one attached hydrogen (secondary N) is 1. The number of carbonyl (C=O) groups is 1. The average molecular weight is 281 g/mol. The number of hydrogen-bond donors (Lipinski definition) is 1. The van der Waals surface area contributed by atoms with Crippen LogP contribution in [-0.4, -0.2) is 10.5 Å². The fraction of sp³-hybridized carbons (Fsp3) is 0.286. The third kappa shape index (κ3) is 2.44. The highest BCUT2D eigenvalue weighted by Crippen LogP contribution is 2.14. The first-order valence-corrected chi connectivity index (χ1v) is 5.49. The van der Waals surface area contributed by atoms with Gasteiger partial charge in [-0.15, -0.1) is 11.3 Å². The van der Waals surface area contributed by atoms with Crippen molar-refractivity contribution in [2.24, 2.45) is 0 Å². The first kappa shape index (κ1) is 8.99. The van der Waals surface area contributed by atoms with Crippen LogP contribution in [0, 0.1) is 6.92 Å². The van der Waals surface area contributed by atoms with Crippen molar-refractivity contribution in [3.8, 4) is 0 Å². The fourth-order valence-corrected chi connectivity index (χ4v) is 1.83. The predicted octanol–water partition coefficient (Wildman–Crippen LogP) is 2.18. The largest absolute Gasteiger partial charge is 0.342 e. The Hall–Kier alpha value is -0.100. The predicted molar refractivity (Wildman–Crippen MR) is 55.4 cm³/mol. The summed E-state index contributed by atoms with van der Waals surface area (Å²) in [6.45, 7) is 1.99. The maximum atomic E-state index is 11.2. The molecule has 0 radical (unpaired) electrons. The van der Waals surface area contributed by atoms with E-state index in [0.717, 1.165) is 4.88 Å². The van der Waals surface area contributed by atoms with E-state index >= 15 is 0 Å². The zero-order valence-electron chi connectivity index (χ0n) is 6.06. The molecular formula is C7H8INOS. The molecule has 0 atom stereocenters. The minimum atomic E-state index is 0.0255. The third-order valence-corrected chi connectivity index (χ3v) is 2.57. The molecule has 0 aromatic carbocycles. The monoisotopic (exact) mass is 281 g/mol. The Morgan fingerprint density at radius 1 is 1.73 bits per heavy atom. The van der Waals surface area contributed by atoms with Gasteiger partial charge in [-0.2, -0.15) is 0 Å². The van der Waals surface area contributed by atoms with E-state index in [9.17, 15) is 4.79 Å². The number of aryl methyl sites for hydroxylation is 1. The molecule has 0 unspecified atom stereocenters. The van der Waals surface area contributed by atoms with Gasteiger partial charge in [-0.05, 0) is 19.1 Å². The summed E-state index contributed by atoms with van der Waals surface area (Å²) in [5.41, 5.74) is 0. The second kappa shape index (κ2) is 4.06. The molecule has 0 aliphatic carbocycles. The summed E-state index contributed by atoms with van der Waals surface area (Å²) in [6, 6.07) is 3.80. The van der Waals surface area contributed by atoms with Crippen LogP contribution in [0.2, 0.25) is 0 Å². The fourth-order valence-electron chi connectivity index (χ4n) is 0.704. The van der Waals surface area contributed by atoms with Crippen LogP contribution < -0.4 is 5.32 Å². The highest BCUT2D eigenvalue weighted by molar-refractivity contribution is 14.1. The van der Waals surface area contributed by atoms with E-state index in [-0.39, 0.29) is 5.91 Å². The Kier molecular flexibility index (Phi) is 3.32. The van der Waals surface area contributed by atoms with Gasteiger partial charge in [0.05, 0.1) is 9.43 Å². The molecule has 11 heavy (non-hydrogen) atoms. The van der Waals surface area contributed by atoms with Crippen LogP contribution in [0.3, 0.4) is 0 Å². The molecule has 0 fully saturated rings. The lowest BCUT2D eigenvalue weighted by molar-refractivity contribution is 0.0966. The van der Waals surface area contributed by atoms with Crippen molar-refractivity contribution in [1.29, 1.82) is 0 Å². The van der Waals surface area contributed by atoms with E-state index in [1.54, 1.807) is 0 Å². The van der Waals surface area contributed by atoms with Gasteiger partial charge in [0.25, 0.3) is 5.91 Å². The SMILES string of the molecule is Cc1ccc(C(=O)NCI)s1. The number of thiophene rings is 1. The van der Waals surface area contributed by atoms with Crippen molar-refractivity contribution in [3.05, 3.63) is 21.9 Å². The van der Waals surface area contributed by atoms with Crippen LogP contribution in [0.4, 0.5) is 0 Å². The maximum absolute atomic E-state index is 11.2. The van der Waals surface area contributed by atoms with E-state index in [0.29, 0.717) is 4.55 Å². The molecule has 0 aliphatic heterocycles. The molecule has 1 aromatic heterocycles. The van der Waals surface area contributed by atoms with Gasteiger partial charge < -0.3 is 5.32 Å². The van der Waals surface area contributed by atoms with Crippen LogP contribution >= 0.6 is 33.9 Å². The quantitative estimate of drug-likeness (QED) is 0.502. The van der Waals surface area contributed by atoms with E-state index in [2.05, 4.69) is 27.9 Å². The maximum Gasteiger partial charge on any atom is 0.261 e. The van der Waals surface area contributed by atoms with Crippen LogP contribution in [0.1, 0.15) is 14.5 Å². The highest BCUT2D eigenvalue weighted by Gasteiger charge is 2.04. The van der Waals surface area contributed by atoms with Crippen molar-refractivity contribution >= 4 is 39.8 Å². The van der Waals surface area contributed by atoms with E-state index in [4.69, 9.17) is 0 Å². The van der Waals surface area contributed by atoms with Crippen molar-refractivity contribution in [2.75, 3.05) is 4.55 Å².